The van der Waals surface area contributed by atoms with Crippen LogP contribution in [-0.4, -0.2) is 24.6 Å². The second-order valence-electron chi connectivity index (χ2n) is 6.96. The van der Waals surface area contributed by atoms with Crippen LogP contribution >= 0.6 is 0 Å². The molecule has 7 nitrogen and oxygen atoms in total. The Kier molecular flexibility index (Phi) is 7.59. The van der Waals surface area contributed by atoms with Crippen LogP contribution < -0.4 is 15.4 Å². The molecule has 32 heavy (non-hydrogen) atoms. The quantitative estimate of drug-likeness (QED) is 0.416. The zero-order valence-electron chi connectivity index (χ0n) is 17.9. The highest BCUT2D eigenvalue weighted by Crippen LogP contribution is 2.16. The number of aryl methyl sites for hydroxylation is 1. The number of rotatable bonds is 7. The molecule has 3 aromatic carbocycles. The van der Waals surface area contributed by atoms with Crippen LogP contribution in [0.5, 0.6) is 5.75 Å². The Morgan fingerprint density at radius 1 is 0.844 bits per heavy atom. The number of hydrogen-bond acceptors (Lipinski definition) is 5. The first kappa shape index (κ1) is 22.6. The van der Waals surface area contributed by atoms with Crippen molar-refractivity contribution in [2.45, 2.75) is 20.4 Å². The van der Waals surface area contributed by atoms with Crippen LogP contribution in [-0.2, 0) is 11.3 Å². The van der Waals surface area contributed by atoms with Gasteiger partial charge >= 0.3 is 6.16 Å². The number of anilines is 1. The first-order valence-corrected chi connectivity index (χ1v) is 10.1. The lowest BCUT2D eigenvalue weighted by atomic mass is 10.1. The van der Waals surface area contributed by atoms with Gasteiger partial charge in [0.1, 0.15) is 5.75 Å². The van der Waals surface area contributed by atoms with Gasteiger partial charge in [0.2, 0.25) is 0 Å². The summed E-state index contributed by atoms with van der Waals surface area (Å²) >= 11 is 0. The van der Waals surface area contributed by atoms with Crippen molar-refractivity contribution in [1.82, 2.24) is 5.32 Å². The highest BCUT2D eigenvalue weighted by Gasteiger charge is 2.10. The molecule has 0 unspecified atom stereocenters. The van der Waals surface area contributed by atoms with E-state index >= 15 is 0 Å². The molecule has 0 bridgehead atoms. The first-order valence-electron chi connectivity index (χ1n) is 10.1. The van der Waals surface area contributed by atoms with E-state index in [9.17, 15) is 14.4 Å². The summed E-state index contributed by atoms with van der Waals surface area (Å²) in [5.74, 6) is -0.138. The third kappa shape index (κ3) is 6.18. The highest BCUT2D eigenvalue weighted by atomic mass is 16.7. The van der Waals surface area contributed by atoms with Gasteiger partial charge in [0.05, 0.1) is 6.61 Å². The topological polar surface area (TPSA) is 93.7 Å². The fourth-order valence-corrected chi connectivity index (χ4v) is 2.93. The summed E-state index contributed by atoms with van der Waals surface area (Å²) < 4.78 is 9.68. The maximum Gasteiger partial charge on any atom is 0.513 e. The van der Waals surface area contributed by atoms with Gasteiger partial charge in [0, 0.05) is 23.4 Å². The van der Waals surface area contributed by atoms with E-state index in [0.717, 1.165) is 11.1 Å². The Morgan fingerprint density at radius 2 is 1.53 bits per heavy atom. The molecular formula is C25H24N2O5. The number of benzene rings is 3. The fourth-order valence-electron chi connectivity index (χ4n) is 2.93. The first-order chi connectivity index (χ1) is 15.5. The number of amides is 2. The van der Waals surface area contributed by atoms with Crippen molar-refractivity contribution in [3.8, 4) is 5.75 Å². The summed E-state index contributed by atoms with van der Waals surface area (Å²) in [4.78, 5) is 36.1. The number of ether oxygens (including phenoxy) is 2. The summed E-state index contributed by atoms with van der Waals surface area (Å²) in [6, 6.07) is 20.8. The molecule has 0 radical (unpaired) electrons. The maximum absolute atomic E-state index is 12.4. The molecule has 7 heteroatoms. The van der Waals surface area contributed by atoms with Crippen LogP contribution in [0.25, 0.3) is 0 Å². The standard InChI is InChI=1S/C25H24N2O5/c1-3-31-25(30)32-21-14-10-19(11-15-21)23(28)27-20-12-8-18(9-13-20)16-26-24(29)22-7-5-4-6-17(22)2/h4-15H,3,16H2,1-2H3,(H,26,29)(H,27,28). The van der Waals surface area contributed by atoms with Crippen LogP contribution in [0.2, 0.25) is 0 Å². The molecule has 3 aromatic rings. The molecule has 0 spiro atoms. The van der Waals surface area contributed by atoms with Crippen molar-refractivity contribution in [3.63, 3.8) is 0 Å². The minimum Gasteiger partial charge on any atom is -0.434 e. The van der Waals surface area contributed by atoms with E-state index in [1.165, 1.54) is 12.1 Å². The van der Waals surface area contributed by atoms with Gasteiger partial charge in [-0.25, -0.2) is 4.79 Å². The molecule has 0 saturated heterocycles. The third-order valence-electron chi connectivity index (χ3n) is 4.63. The molecule has 0 fully saturated rings. The predicted octanol–water partition coefficient (Wildman–Crippen LogP) is 4.71. The van der Waals surface area contributed by atoms with Gasteiger partial charge in [-0.15, -0.1) is 0 Å². The van der Waals surface area contributed by atoms with Gasteiger partial charge in [-0.2, -0.15) is 0 Å². The molecule has 0 aliphatic heterocycles. The molecule has 2 amide bonds. The van der Waals surface area contributed by atoms with Crippen molar-refractivity contribution < 1.29 is 23.9 Å². The predicted molar refractivity (Wildman–Crippen MR) is 121 cm³/mol. The third-order valence-corrected chi connectivity index (χ3v) is 4.63. The SMILES string of the molecule is CCOC(=O)Oc1ccc(C(=O)Nc2ccc(CNC(=O)c3ccccc3C)cc2)cc1. The number of carbonyl (C=O) groups excluding carboxylic acids is 3. The average molecular weight is 432 g/mol. The van der Waals surface area contributed by atoms with Crippen LogP contribution in [0.4, 0.5) is 10.5 Å². The van der Waals surface area contributed by atoms with E-state index in [0.29, 0.717) is 23.4 Å². The van der Waals surface area contributed by atoms with Crippen LogP contribution in [0.1, 0.15) is 38.8 Å². The lowest BCUT2D eigenvalue weighted by molar-refractivity contribution is 0.0948. The molecule has 0 atom stereocenters. The fraction of sp³-hybridized carbons (Fsp3) is 0.160. The number of carbonyl (C=O) groups is 3. The van der Waals surface area contributed by atoms with Gasteiger partial charge in [0.25, 0.3) is 11.8 Å². The number of hydrogen-bond donors (Lipinski definition) is 2. The van der Waals surface area contributed by atoms with Crippen molar-refractivity contribution in [3.05, 3.63) is 95.1 Å². The van der Waals surface area contributed by atoms with E-state index < -0.39 is 6.16 Å². The second-order valence-corrected chi connectivity index (χ2v) is 6.96. The summed E-state index contributed by atoms with van der Waals surface area (Å²) in [6.45, 7) is 4.18. The molecule has 0 heterocycles. The molecule has 2 N–H and O–H groups in total. The summed E-state index contributed by atoms with van der Waals surface area (Å²) in [7, 11) is 0. The Bertz CT molecular complexity index is 1090. The van der Waals surface area contributed by atoms with Crippen LogP contribution in [0, 0.1) is 6.92 Å². The maximum atomic E-state index is 12.4. The minimum atomic E-state index is -0.792. The molecule has 164 valence electrons. The van der Waals surface area contributed by atoms with Crippen molar-refractivity contribution in [2.75, 3.05) is 11.9 Å². The Labute approximate surface area is 186 Å². The molecule has 3 rings (SSSR count). The summed E-state index contributed by atoms with van der Waals surface area (Å²) in [5, 5.41) is 5.70. The summed E-state index contributed by atoms with van der Waals surface area (Å²) in [6.07, 6.45) is -0.792. The van der Waals surface area contributed by atoms with E-state index in [1.54, 1.807) is 37.3 Å². The average Bonchev–Trinajstić information content (AvgIpc) is 2.79. The van der Waals surface area contributed by atoms with E-state index in [4.69, 9.17) is 9.47 Å². The largest absolute Gasteiger partial charge is 0.513 e. The number of nitrogens with one attached hydrogen (secondary N) is 2. The molecule has 0 saturated carbocycles. The van der Waals surface area contributed by atoms with Crippen LogP contribution in [0.3, 0.4) is 0 Å². The van der Waals surface area contributed by atoms with Gasteiger partial charge in [-0.3, -0.25) is 9.59 Å². The van der Waals surface area contributed by atoms with E-state index in [1.807, 2.05) is 37.3 Å². The molecule has 0 aromatic heterocycles. The lowest BCUT2D eigenvalue weighted by Gasteiger charge is -2.09. The molecular weight excluding hydrogens is 408 g/mol. The Hall–Kier alpha value is -4.13. The molecule has 0 aliphatic rings. The summed E-state index contributed by atoms with van der Waals surface area (Å²) in [5.41, 5.74) is 3.51. The van der Waals surface area contributed by atoms with Crippen molar-refractivity contribution >= 4 is 23.7 Å². The normalized spacial score (nSPS) is 10.2. The Morgan fingerprint density at radius 3 is 2.19 bits per heavy atom. The lowest BCUT2D eigenvalue weighted by Crippen LogP contribution is -2.23. The van der Waals surface area contributed by atoms with Crippen molar-refractivity contribution in [2.24, 2.45) is 0 Å². The Balaban J connectivity index is 1.52. The zero-order valence-corrected chi connectivity index (χ0v) is 17.9. The van der Waals surface area contributed by atoms with E-state index in [2.05, 4.69) is 10.6 Å². The van der Waals surface area contributed by atoms with Crippen molar-refractivity contribution in [1.29, 1.82) is 0 Å². The zero-order chi connectivity index (χ0) is 22.9. The van der Waals surface area contributed by atoms with Gasteiger partial charge in [-0.1, -0.05) is 30.3 Å². The monoisotopic (exact) mass is 432 g/mol. The minimum absolute atomic E-state index is 0.129. The van der Waals surface area contributed by atoms with Crippen LogP contribution in [0.15, 0.2) is 72.8 Å². The van der Waals surface area contributed by atoms with Gasteiger partial charge in [-0.05, 0) is 67.4 Å². The van der Waals surface area contributed by atoms with Gasteiger partial charge < -0.3 is 20.1 Å². The smallest absolute Gasteiger partial charge is 0.434 e. The van der Waals surface area contributed by atoms with Gasteiger partial charge in [0.15, 0.2) is 0 Å². The second kappa shape index (κ2) is 10.8. The molecule has 0 aliphatic carbocycles. The highest BCUT2D eigenvalue weighted by molar-refractivity contribution is 6.04. The van der Waals surface area contributed by atoms with E-state index in [-0.39, 0.29) is 24.2 Å².